The van der Waals surface area contributed by atoms with Crippen molar-refractivity contribution in [2.45, 2.75) is 56.5 Å². The number of ether oxygens (including phenoxy) is 1. The molecule has 0 saturated heterocycles. The number of carbonyl (C=O) groups is 1. The second-order valence-electron chi connectivity index (χ2n) is 9.34. The first kappa shape index (κ1) is 25.8. The molecule has 0 unspecified atom stereocenters. The Labute approximate surface area is 219 Å². The third kappa shape index (κ3) is 4.87. The first-order valence-electron chi connectivity index (χ1n) is 12.3. The van der Waals surface area contributed by atoms with Gasteiger partial charge < -0.3 is 10.1 Å². The molecule has 2 heterocycles. The number of rotatable bonds is 7. The molecule has 2 amide bonds. The number of hydrogen-bond acceptors (Lipinski definition) is 6. The van der Waals surface area contributed by atoms with Crippen LogP contribution in [0.5, 0.6) is 5.88 Å². The highest BCUT2D eigenvalue weighted by atomic mass is 32.2. The van der Waals surface area contributed by atoms with Crippen molar-refractivity contribution >= 4 is 21.7 Å². The molecule has 5 rings (SSSR count). The normalized spacial score (nSPS) is 16.5. The van der Waals surface area contributed by atoms with Crippen molar-refractivity contribution in [1.29, 1.82) is 0 Å². The van der Waals surface area contributed by atoms with Crippen LogP contribution in [0.15, 0.2) is 53.3 Å². The Bertz CT molecular complexity index is 1540. The van der Waals surface area contributed by atoms with E-state index >= 15 is 0 Å². The summed E-state index contributed by atoms with van der Waals surface area (Å²) in [6.07, 6.45) is 4.80. The number of aromatic nitrogens is 3. The van der Waals surface area contributed by atoms with Gasteiger partial charge in [0.05, 0.1) is 18.8 Å². The summed E-state index contributed by atoms with van der Waals surface area (Å²) in [5, 5.41) is 6.46. The highest BCUT2D eigenvalue weighted by Gasteiger charge is 2.31. The van der Waals surface area contributed by atoms with Gasteiger partial charge in [0.1, 0.15) is 0 Å². The van der Waals surface area contributed by atoms with Crippen molar-refractivity contribution in [2.24, 2.45) is 0 Å². The lowest BCUT2D eigenvalue weighted by Gasteiger charge is -2.28. The van der Waals surface area contributed by atoms with E-state index in [1.165, 1.54) is 24.1 Å². The molecule has 2 aliphatic rings. The van der Waals surface area contributed by atoms with Gasteiger partial charge in [0.2, 0.25) is 5.88 Å². The van der Waals surface area contributed by atoms with Gasteiger partial charge in [-0.1, -0.05) is 13.0 Å². The molecule has 1 aromatic carbocycles. The third-order valence-electron chi connectivity index (χ3n) is 7.03. The van der Waals surface area contributed by atoms with Gasteiger partial charge in [-0.15, -0.1) is 0 Å². The summed E-state index contributed by atoms with van der Waals surface area (Å²) in [5.41, 5.74) is 5.29. The quantitative estimate of drug-likeness (QED) is 0.433. The van der Waals surface area contributed by atoms with Gasteiger partial charge in [-0.25, -0.2) is 14.5 Å². The van der Waals surface area contributed by atoms with E-state index in [-0.39, 0.29) is 29.5 Å². The van der Waals surface area contributed by atoms with Crippen molar-refractivity contribution in [1.82, 2.24) is 19.5 Å². The number of sulfonamides is 1. The molecule has 1 fully saturated rings. The van der Waals surface area contributed by atoms with Gasteiger partial charge in [0, 0.05) is 24.0 Å². The van der Waals surface area contributed by atoms with E-state index in [2.05, 4.69) is 21.5 Å². The summed E-state index contributed by atoms with van der Waals surface area (Å²) in [5.74, 6) is 0.418. The lowest BCUT2D eigenvalue weighted by molar-refractivity contribution is 0.256. The van der Waals surface area contributed by atoms with Crippen molar-refractivity contribution in [3.05, 3.63) is 65.0 Å². The largest absolute Gasteiger partial charge is 0.481 e. The average Bonchev–Trinajstić information content (AvgIpc) is 3.53. The van der Waals surface area contributed by atoms with Gasteiger partial charge in [-0.05, 0) is 78.5 Å². The predicted molar refractivity (Wildman–Crippen MR) is 137 cm³/mol. The van der Waals surface area contributed by atoms with E-state index in [0.717, 1.165) is 47.1 Å². The van der Waals surface area contributed by atoms with Crippen LogP contribution in [0.25, 0.3) is 11.1 Å². The first-order chi connectivity index (χ1) is 18.2. The fraction of sp³-hybridized carbons (Fsp3) is 0.346. The number of hydrogen-bond donors (Lipinski definition) is 2. The van der Waals surface area contributed by atoms with Crippen LogP contribution in [-0.4, -0.2) is 36.3 Å². The molecule has 2 N–H and O–H groups in total. The zero-order chi connectivity index (χ0) is 27.0. The standard InChI is InChI=1S/C26H27F2N5O4S/c1-3-15-11-16-5-4-6-20(16)24(23(15)17-7-9-29-21(14-17)37-2)30-26(34)32-38(35,36)22-8-10-33(31-22)19-12-18(13-19)25(27)28/h7-11,14,19H,3-6,12-13H2,1-2H3,(H2,30,32,34). The maximum Gasteiger partial charge on any atom is 0.333 e. The topological polar surface area (TPSA) is 115 Å². The number of nitrogens with one attached hydrogen (secondary N) is 2. The summed E-state index contributed by atoms with van der Waals surface area (Å²) in [6, 6.07) is 5.72. The predicted octanol–water partition coefficient (Wildman–Crippen LogP) is 5.00. The van der Waals surface area contributed by atoms with E-state index in [4.69, 9.17) is 4.74 Å². The Morgan fingerprint density at radius 3 is 2.71 bits per heavy atom. The number of methoxy groups -OCH3 is 1. The minimum absolute atomic E-state index is 0.0388. The first-order valence-corrected chi connectivity index (χ1v) is 13.8. The molecule has 0 spiro atoms. The molecule has 0 aliphatic heterocycles. The summed E-state index contributed by atoms with van der Waals surface area (Å²) in [6.45, 7) is 2.02. The molecule has 12 heteroatoms. The maximum absolute atomic E-state index is 13.1. The fourth-order valence-electron chi connectivity index (χ4n) is 5.06. The minimum atomic E-state index is -4.31. The molecule has 0 atom stereocenters. The molecular weight excluding hydrogens is 516 g/mol. The Hall–Kier alpha value is -3.80. The van der Waals surface area contributed by atoms with Crippen LogP contribution < -0.4 is 14.8 Å². The molecule has 38 heavy (non-hydrogen) atoms. The van der Waals surface area contributed by atoms with Crippen molar-refractivity contribution in [3.8, 4) is 17.0 Å². The van der Waals surface area contributed by atoms with Gasteiger partial charge >= 0.3 is 6.03 Å². The van der Waals surface area contributed by atoms with E-state index in [0.29, 0.717) is 18.0 Å². The van der Waals surface area contributed by atoms with Crippen LogP contribution >= 0.6 is 0 Å². The monoisotopic (exact) mass is 543 g/mol. The molecule has 9 nitrogen and oxygen atoms in total. The van der Waals surface area contributed by atoms with E-state index in [1.54, 1.807) is 12.3 Å². The summed E-state index contributed by atoms with van der Waals surface area (Å²) >= 11 is 0. The Balaban J connectivity index is 1.42. The number of fused-ring (bicyclic) bond motifs is 1. The van der Waals surface area contributed by atoms with Gasteiger partial charge in [-0.3, -0.25) is 4.68 Å². The van der Waals surface area contributed by atoms with Gasteiger partial charge in [-0.2, -0.15) is 22.3 Å². The van der Waals surface area contributed by atoms with Gasteiger partial charge in [0.15, 0.2) is 5.03 Å². The summed E-state index contributed by atoms with van der Waals surface area (Å²) < 4.78 is 59.9. The molecule has 2 aromatic heterocycles. The lowest BCUT2D eigenvalue weighted by atomic mass is 9.87. The number of aryl methyl sites for hydroxylation is 2. The van der Waals surface area contributed by atoms with Crippen LogP contribution in [0.3, 0.4) is 0 Å². The zero-order valence-corrected chi connectivity index (χ0v) is 21.7. The molecular formula is C26H27F2N5O4S. The van der Waals surface area contributed by atoms with Crippen molar-refractivity contribution in [2.75, 3.05) is 12.4 Å². The second-order valence-corrected chi connectivity index (χ2v) is 11.0. The Morgan fingerprint density at radius 2 is 2.00 bits per heavy atom. The number of urea groups is 1. The Kier molecular flexibility index (Phi) is 6.91. The van der Waals surface area contributed by atoms with Crippen LogP contribution in [-0.2, 0) is 29.3 Å². The number of benzene rings is 1. The molecule has 2 aliphatic carbocycles. The average molecular weight is 544 g/mol. The van der Waals surface area contributed by atoms with E-state index < -0.39 is 22.1 Å². The maximum atomic E-state index is 13.1. The zero-order valence-electron chi connectivity index (χ0n) is 20.9. The van der Waals surface area contributed by atoms with E-state index in [9.17, 15) is 22.0 Å². The van der Waals surface area contributed by atoms with Gasteiger partial charge in [0.25, 0.3) is 16.1 Å². The number of amides is 2. The number of pyridine rings is 1. The number of nitrogens with zero attached hydrogens (tertiary/aromatic N) is 3. The number of halogens is 2. The number of allylic oxidation sites excluding steroid dienone is 1. The number of anilines is 1. The summed E-state index contributed by atoms with van der Waals surface area (Å²) in [7, 11) is -2.79. The second kappa shape index (κ2) is 10.2. The highest BCUT2D eigenvalue weighted by Crippen LogP contribution is 2.42. The fourth-order valence-corrected chi connectivity index (χ4v) is 5.90. The molecule has 3 aromatic rings. The van der Waals surface area contributed by atoms with Crippen LogP contribution in [0.4, 0.5) is 19.3 Å². The van der Waals surface area contributed by atoms with E-state index in [1.807, 2.05) is 17.7 Å². The van der Waals surface area contributed by atoms with Crippen molar-refractivity contribution in [3.63, 3.8) is 0 Å². The smallest absolute Gasteiger partial charge is 0.333 e. The molecule has 200 valence electrons. The summed E-state index contributed by atoms with van der Waals surface area (Å²) in [4.78, 5) is 17.2. The SMILES string of the molecule is CCc1cc2c(c(NC(=O)NS(=O)(=O)c3ccn(C4CC(=C(F)F)C4)n3)c1-c1ccnc(OC)c1)CCC2. The highest BCUT2D eigenvalue weighted by molar-refractivity contribution is 7.90. The minimum Gasteiger partial charge on any atom is -0.481 e. The molecule has 1 saturated carbocycles. The Morgan fingerprint density at radius 1 is 1.21 bits per heavy atom. The molecule has 0 bridgehead atoms. The van der Waals surface area contributed by atoms with Crippen LogP contribution in [0.2, 0.25) is 0 Å². The van der Waals surface area contributed by atoms with Crippen LogP contribution in [0, 0.1) is 0 Å². The lowest BCUT2D eigenvalue weighted by Crippen LogP contribution is -2.35. The molecule has 0 radical (unpaired) electrons. The van der Waals surface area contributed by atoms with Crippen molar-refractivity contribution < 1.29 is 26.7 Å². The number of carbonyl (C=O) groups excluding carboxylic acids is 1. The third-order valence-corrected chi connectivity index (χ3v) is 8.25. The van der Waals surface area contributed by atoms with Crippen LogP contribution in [0.1, 0.15) is 48.9 Å².